The quantitative estimate of drug-likeness (QED) is 0.0828. The first-order valence-corrected chi connectivity index (χ1v) is 16.4. The van der Waals surface area contributed by atoms with Gasteiger partial charge in [0.05, 0.1) is 6.04 Å². The summed E-state index contributed by atoms with van der Waals surface area (Å²) < 4.78 is 17.6. The lowest BCUT2D eigenvalue weighted by Crippen LogP contribution is -2.71. The number of nitrogens with one attached hydrogen (secondary N) is 3. The van der Waals surface area contributed by atoms with Crippen LogP contribution in [0.3, 0.4) is 0 Å². The van der Waals surface area contributed by atoms with Crippen molar-refractivity contribution in [2.45, 2.75) is 37.6 Å². The van der Waals surface area contributed by atoms with E-state index in [4.69, 9.17) is 21.2 Å². The second-order valence-electron chi connectivity index (χ2n) is 10.2. The van der Waals surface area contributed by atoms with E-state index in [-0.39, 0.29) is 28.2 Å². The van der Waals surface area contributed by atoms with E-state index < -0.39 is 58.3 Å². The first-order chi connectivity index (χ1) is 21.0. The number of β-lactam (4-membered cyclic amide) rings is 1. The molecule has 2 heterocycles. The largest absolute Gasteiger partial charge is 0.450 e. The number of benzene rings is 2. The van der Waals surface area contributed by atoms with E-state index in [9.17, 15) is 23.4 Å². The van der Waals surface area contributed by atoms with Crippen LogP contribution in [0.5, 0.6) is 0 Å². The van der Waals surface area contributed by atoms with Gasteiger partial charge in [-0.25, -0.2) is 9.78 Å². The molecule has 3 atom stereocenters. The van der Waals surface area contributed by atoms with Crippen LogP contribution in [0.1, 0.15) is 36.8 Å². The van der Waals surface area contributed by atoms with E-state index in [0.717, 1.165) is 22.5 Å². The van der Waals surface area contributed by atoms with Gasteiger partial charge < -0.3 is 25.5 Å². The molecule has 1 aromatic heterocycles. The Balaban J connectivity index is 1.58. The van der Waals surface area contributed by atoms with Gasteiger partial charge in [0.25, 0.3) is 5.91 Å². The summed E-state index contributed by atoms with van der Waals surface area (Å²) in [4.78, 5) is 60.6. The summed E-state index contributed by atoms with van der Waals surface area (Å²) >= 11 is 6.56. The number of rotatable bonds is 13. The van der Waals surface area contributed by atoms with Crippen LogP contribution in [-0.4, -0.2) is 74.2 Å². The summed E-state index contributed by atoms with van der Waals surface area (Å²) in [6, 6.07) is 16.8. The first-order valence-electron chi connectivity index (χ1n) is 13.3. The Morgan fingerprint density at radius 3 is 2.27 bits per heavy atom. The number of oxime groups is 1. The van der Waals surface area contributed by atoms with Crippen molar-refractivity contribution in [3.05, 3.63) is 82.9 Å². The number of hydrogen-bond donors (Lipinski definition) is 3. The summed E-state index contributed by atoms with van der Waals surface area (Å²) in [6.45, 7) is 2.86. The zero-order chi connectivity index (χ0) is 31.9. The van der Waals surface area contributed by atoms with Crippen LogP contribution in [0.25, 0.3) is 0 Å². The van der Waals surface area contributed by atoms with Crippen LogP contribution in [0.4, 0.5) is 5.13 Å². The van der Waals surface area contributed by atoms with Gasteiger partial charge in [0.1, 0.15) is 17.6 Å². The number of ether oxygens (including phenoxy) is 1. The van der Waals surface area contributed by atoms with Gasteiger partial charge in [-0.2, -0.15) is 0 Å². The molecule has 0 spiro atoms. The van der Waals surface area contributed by atoms with Crippen LogP contribution < -0.4 is 16.0 Å². The topological polar surface area (TPSA) is 165 Å². The zero-order valence-corrected chi connectivity index (χ0v) is 26.3. The third-order valence-corrected chi connectivity index (χ3v) is 8.16. The van der Waals surface area contributed by atoms with Gasteiger partial charge >= 0.3 is 5.97 Å². The van der Waals surface area contributed by atoms with Crippen LogP contribution in [0.2, 0.25) is 0 Å². The zero-order valence-electron chi connectivity index (χ0n) is 23.9. The summed E-state index contributed by atoms with van der Waals surface area (Å²) in [5.41, 5.74) is -0.576. The Kier molecular flexibility index (Phi) is 10.8. The molecule has 12 nitrogen and oxygen atoms in total. The van der Waals surface area contributed by atoms with E-state index in [2.05, 4.69) is 26.1 Å². The number of amides is 3. The molecule has 3 amide bonds. The molecular weight excluding hydrogens is 630 g/mol. The lowest BCUT2D eigenvalue weighted by molar-refractivity contribution is -0.172. The number of hydrogen-bond acceptors (Lipinski definition) is 10. The van der Waals surface area contributed by atoms with Crippen LogP contribution in [-0.2, 0) is 39.6 Å². The van der Waals surface area contributed by atoms with E-state index in [1.807, 2.05) is 60.7 Å². The lowest BCUT2D eigenvalue weighted by atomic mass is 10.0. The van der Waals surface area contributed by atoms with Crippen LogP contribution in [0, 0.1) is 0 Å². The van der Waals surface area contributed by atoms with E-state index in [1.165, 1.54) is 25.5 Å². The average molecular weight is 660 g/mol. The summed E-state index contributed by atoms with van der Waals surface area (Å²) in [7, 11) is -1.23. The number of esters is 1. The smallest absolute Gasteiger partial charge is 0.353 e. The summed E-state index contributed by atoms with van der Waals surface area (Å²) in [6.07, 6.45) is 0.737. The number of carbonyl (C=O) groups excluding carboxylic acids is 4. The molecule has 1 fully saturated rings. The third kappa shape index (κ3) is 8.27. The van der Waals surface area contributed by atoms with Gasteiger partial charge in [-0.15, -0.1) is 22.9 Å². The summed E-state index contributed by atoms with van der Waals surface area (Å²) in [5, 5.41) is 13.2. The Morgan fingerprint density at radius 1 is 1.11 bits per heavy atom. The number of nitrogens with zero attached hydrogens (tertiary/aromatic N) is 2. The Hall–Kier alpha value is -4.14. The highest BCUT2D eigenvalue weighted by Crippen LogP contribution is 2.28. The Bertz CT molecular complexity index is 1530. The van der Waals surface area contributed by atoms with Crippen molar-refractivity contribution in [2.75, 3.05) is 23.2 Å². The maximum absolute atomic E-state index is 13.4. The van der Waals surface area contributed by atoms with Gasteiger partial charge in [-0.05, 0) is 25.0 Å². The fourth-order valence-corrected chi connectivity index (χ4v) is 5.60. The molecule has 232 valence electrons. The normalized spacial score (nSPS) is 17.2. The van der Waals surface area contributed by atoms with E-state index in [1.54, 1.807) is 0 Å². The van der Waals surface area contributed by atoms with Crippen molar-refractivity contribution in [1.29, 1.82) is 0 Å². The number of carbonyl (C=O) groups is 4. The second-order valence-corrected chi connectivity index (χ2v) is 12.8. The Labute approximate surface area is 265 Å². The Morgan fingerprint density at radius 2 is 1.73 bits per heavy atom. The second kappa shape index (κ2) is 14.6. The lowest BCUT2D eigenvalue weighted by Gasteiger charge is -2.36. The minimum Gasteiger partial charge on any atom is -0.450 e. The van der Waals surface area contributed by atoms with Crippen molar-refractivity contribution in [3.63, 3.8) is 0 Å². The fraction of sp³-hybridized carbons (Fsp3) is 0.310. The highest BCUT2D eigenvalue weighted by molar-refractivity contribution is 7.84. The molecule has 0 bridgehead atoms. The monoisotopic (exact) mass is 659 g/mol. The summed E-state index contributed by atoms with van der Waals surface area (Å²) in [5.74, 6) is -2.75. The number of alkyl halides is 1. The van der Waals surface area contributed by atoms with Crippen LogP contribution in [0.15, 0.2) is 71.2 Å². The molecule has 44 heavy (non-hydrogen) atoms. The van der Waals surface area contributed by atoms with Gasteiger partial charge in [0.2, 0.25) is 17.4 Å². The highest BCUT2D eigenvalue weighted by atomic mass is 35.5. The molecule has 0 saturated carbocycles. The van der Waals surface area contributed by atoms with Gasteiger partial charge in [0, 0.05) is 28.2 Å². The number of thiazole rings is 1. The molecule has 0 radical (unpaired) electrons. The van der Waals surface area contributed by atoms with Crippen molar-refractivity contribution in [1.82, 2.24) is 15.6 Å². The molecule has 1 aliphatic heterocycles. The number of aromatic nitrogens is 1. The maximum Gasteiger partial charge on any atom is 0.353 e. The van der Waals surface area contributed by atoms with Crippen molar-refractivity contribution in [3.8, 4) is 0 Å². The third-order valence-electron chi connectivity index (χ3n) is 6.33. The first kappa shape index (κ1) is 32.8. The molecule has 3 aromatic rings. The molecule has 0 aliphatic carbocycles. The molecule has 15 heteroatoms. The number of halogens is 1. The maximum atomic E-state index is 13.4. The van der Waals surface area contributed by atoms with E-state index >= 15 is 0 Å². The predicted molar refractivity (Wildman–Crippen MR) is 167 cm³/mol. The molecular formula is C29H30ClN5O7S2. The van der Waals surface area contributed by atoms with Gasteiger partial charge in [-0.3, -0.25) is 18.6 Å². The minimum atomic E-state index is -1.69. The average Bonchev–Trinajstić information content (AvgIpc) is 3.46. The van der Waals surface area contributed by atoms with Crippen molar-refractivity contribution < 1.29 is 33.0 Å². The SMILES string of the molecule is CS(=O)C[C@H]1NC(=O)[C@H]1NC(=O)/C(=N\OC(C)(C)C(=O)OC(c1ccccc1)c1ccccc1)c1csc(NC(=O)CCl)n1. The molecule has 1 unspecified atom stereocenters. The molecule has 1 aliphatic rings. The number of anilines is 1. The van der Waals surface area contributed by atoms with Gasteiger partial charge in [0.15, 0.2) is 16.9 Å². The van der Waals surface area contributed by atoms with Crippen molar-refractivity contribution in [2.24, 2.45) is 5.16 Å². The molecule has 2 aromatic carbocycles. The predicted octanol–water partition coefficient (Wildman–Crippen LogP) is 2.51. The molecule has 1 saturated heterocycles. The minimum absolute atomic E-state index is 0.00309. The molecule has 4 rings (SSSR count). The van der Waals surface area contributed by atoms with Gasteiger partial charge in [-0.1, -0.05) is 65.8 Å². The standard InChI is InChI=1S/C29H30ClN5O7S2/c1-29(2,27(39)41-24(17-10-6-4-7-11-17)18-12-8-5-9-13-18)42-35-23(19-15-43-28(32-19)33-21(36)14-30)26(38)34-22-20(16-44(3)40)31-25(22)37/h4-13,15,20,22,24H,14,16H2,1-3H3,(H,31,37)(H,34,38)(H,32,33,36)/b35-23-/t20-,22+,44?/m1/s1. The van der Waals surface area contributed by atoms with Crippen molar-refractivity contribution >= 4 is 68.3 Å². The fourth-order valence-electron chi connectivity index (χ4n) is 4.04. The van der Waals surface area contributed by atoms with Crippen LogP contribution >= 0.6 is 22.9 Å². The van der Waals surface area contributed by atoms with E-state index in [0.29, 0.717) is 0 Å². The molecule has 3 N–H and O–H groups in total. The highest BCUT2D eigenvalue weighted by Gasteiger charge is 2.42.